The summed E-state index contributed by atoms with van der Waals surface area (Å²) in [5, 5.41) is 17.7. The van der Waals surface area contributed by atoms with Crippen LogP contribution in [0.1, 0.15) is 35.3 Å². The van der Waals surface area contributed by atoms with Gasteiger partial charge in [-0.25, -0.2) is 9.36 Å². The Kier molecular flexibility index (Phi) is 5.90. The van der Waals surface area contributed by atoms with Gasteiger partial charge in [0.1, 0.15) is 0 Å². The first-order chi connectivity index (χ1) is 16.3. The molecule has 0 radical (unpaired) electrons. The number of Topliss-reactive ketones (excluding diaryl/α,β-unsaturated/α-hetero) is 1. The topological polar surface area (TPSA) is 85.7 Å². The maximum absolute atomic E-state index is 14.0. The maximum Gasteiger partial charge on any atom is 0.459 e. The first-order valence-corrected chi connectivity index (χ1v) is 10.7. The van der Waals surface area contributed by atoms with Gasteiger partial charge in [-0.1, -0.05) is 0 Å². The number of alkyl halides is 7. The summed E-state index contributed by atoms with van der Waals surface area (Å²) in [6.07, 6.45) is -2.37. The fourth-order valence-electron chi connectivity index (χ4n) is 3.37. The minimum absolute atomic E-state index is 0.0679. The molecule has 186 valence electrons. The number of thiophene rings is 1. The lowest BCUT2D eigenvalue weighted by Crippen LogP contribution is -2.34. The summed E-state index contributed by atoms with van der Waals surface area (Å²) >= 11 is 1.13. The molecule has 7 nitrogen and oxygen atoms in total. The van der Waals surface area contributed by atoms with E-state index in [-0.39, 0.29) is 12.2 Å². The van der Waals surface area contributed by atoms with Gasteiger partial charge >= 0.3 is 18.7 Å². The molecule has 0 spiro atoms. The number of rotatable bonds is 8. The van der Waals surface area contributed by atoms with E-state index in [0.717, 1.165) is 23.1 Å². The normalized spacial score (nSPS) is 15.3. The number of halogens is 7. The standard InChI is InChI=1S/C20H14F7N5O2S/c1-31-16(14(34-17(21)22)15(30-31)19(23,24)20(25,26)27)32-7-11(6-29-32)13-4-10(8-35-13)12(33)5-18(9-28)2-3-18/h4,6-8,17H,2-3,5H2,1H3. The van der Waals surface area contributed by atoms with Gasteiger partial charge in [-0.15, -0.1) is 11.3 Å². The lowest BCUT2D eigenvalue weighted by molar-refractivity contribution is -0.291. The van der Waals surface area contributed by atoms with Crippen LogP contribution >= 0.6 is 11.3 Å². The molecule has 0 aliphatic heterocycles. The summed E-state index contributed by atoms with van der Waals surface area (Å²) in [6.45, 7) is -3.72. The SMILES string of the molecule is Cn1nc(C(F)(F)C(F)(F)F)c(OC(F)F)c1-n1cc(-c2cc(C(=O)CC3(C#N)CC3)cs2)cn1. The number of carbonyl (C=O) groups excluding carboxylic acids is 1. The van der Waals surface area contributed by atoms with Gasteiger partial charge in [0.25, 0.3) is 0 Å². The molecule has 1 saturated carbocycles. The van der Waals surface area contributed by atoms with Crippen LogP contribution in [-0.4, -0.2) is 38.1 Å². The van der Waals surface area contributed by atoms with Crippen molar-refractivity contribution < 1.29 is 40.3 Å². The van der Waals surface area contributed by atoms with E-state index >= 15 is 0 Å². The molecule has 1 fully saturated rings. The summed E-state index contributed by atoms with van der Waals surface area (Å²) < 4.78 is 97.8. The molecule has 0 N–H and O–H groups in total. The number of aryl methyl sites for hydroxylation is 1. The number of ether oxygens (including phenoxy) is 1. The van der Waals surface area contributed by atoms with Crippen LogP contribution in [0.15, 0.2) is 23.8 Å². The predicted molar refractivity (Wildman–Crippen MR) is 106 cm³/mol. The van der Waals surface area contributed by atoms with Crippen molar-refractivity contribution in [3.63, 3.8) is 0 Å². The third-order valence-electron chi connectivity index (χ3n) is 5.43. The summed E-state index contributed by atoms with van der Waals surface area (Å²) in [7, 11) is 0.968. The molecule has 1 aliphatic carbocycles. The van der Waals surface area contributed by atoms with Crippen molar-refractivity contribution in [2.75, 3.05) is 0 Å². The number of aromatic nitrogens is 4. The van der Waals surface area contributed by atoms with Crippen molar-refractivity contribution in [3.05, 3.63) is 35.1 Å². The van der Waals surface area contributed by atoms with Gasteiger partial charge < -0.3 is 4.74 Å². The monoisotopic (exact) mass is 521 g/mol. The molecule has 3 aromatic rings. The Morgan fingerprint density at radius 3 is 2.57 bits per heavy atom. The predicted octanol–water partition coefficient (Wildman–Crippen LogP) is 5.47. The van der Waals surface area contributed by atoms with Crippen molar-refractivity contribution in [1.29, 1.82) is 5.26 Å². The molecule has 3 heterocycles. The molecular weight excluding hydrogens is 507 g/mol. The largest absolute Gasteiger partial charge is 0.459 e. The molecule has 0 saturated heterocycles. The van der Waals surface area contributed by atoms with E-state index in [1.165, 1.54) is 18.5 Å². The fraction of sp³-hybridized carbons (Fsp3) is 0.400. The molecule has 0 bridgehead atoms. The van der Waals surface area contributed by atoms with Crippen molar-refractivity contribution in [2.45, 2.75) is 38.0 Å². The molecule has 4 rings (SSSR count). The number of nitrogens with zero attached hydrogens (tertiary/aromatic N) is 5. The molecule has 0 atom stereocenters. The Bertz CT molecular complexity index is 1310. The highest BCUT2D eigenvalue weighted by molar-refractivity contribution is 7.13. The average molecular weight is 521 g/mol. The van der Waals surface area contributed by atoms with E-state index in [2.05, 4.69) is 21.0 Å². The first-order valence-electron chi connectivity index (χ1n) is 9.83. The maximum atomic E-state index is 14.0. The minimum atomic E-state index is -6.11. The van der Waals surface area contributed by atoms with E-state index in [1.54, 1.807) is 5.38 Å². The Morgan fingerprint density at radius 1 is 1.31 bits per heavy atom. The van der Waals surface area contributed by atoms with Crippen molar-refractivity contribution in [2.24, 2.45) is 12.5 Å². The number of hydrogen-bond donors (Lipinski definition) is 0. The zero-order chi connectivity index (χ0) is 25.8. The molecular formula is C20H14F7N5O2S. The number of ketones is 1. The first kappa shape index (κ1) is 24.7. The van der Waals surface area contributed by atoms with Gasteiger partial charge in [0.2, 0.25) is 0 Å². The molecule has 3 aromatic heterocycles. The number of hydrogen-bond acceptors (Lipinski definition) is 6. The second-order valence-electron chi connectivity index (χ2n) is 7.94. The van der Waals surface area contributed by atoms with Gasteiger partial charge in [0, 0.05) is 41.0 Å². The van der Waals surface area contributed by atoms with E-state index in [4.69, 9.17) is 5.26 Å². The Morgan fingerprint density at radius 2 is 2.00 bits per heavy atom. The van der Waals surface area contributed by atoms with Crippen LogP contribution in [0.2, 0.25) is 0 Å². The molecule has 0 unspecified atom stereocenters. The van der Waals surface area contributed by atoms with Crippen LogP contribution in [0.25, 0.3) is 16.3 Å². The van der Waals surface area contributed by atoms with Crippen molar-refractivity contribution in [1.82, 2.24) is 19.6 Å². The highest BCUT2D eigenvalue weighted by Crippen LogP contribution is 2.49. The third kappa shape index (κ3) is 4.49. The highest BCUT2D eigenvalue weighted by Gasteiger charge is 2.62. The second-order valence-corrected chi connectivity index (χ2v) is 8.85. The quantitative estimate of drug-likeness (QED) is 0.290. The smallest absolute Gasteiger partial charge is 0.428 e. The molecule has 0 aromatic carbocycles. The zero-order valence-electron chi connectivity index (χ0n) is 17.6. The number of nitriles is 1. The van der Waals surface area contributed by atoms with Crippen LogP contribution < -0.4 is 4.74 Å². The summed E-state index contributed by atoms with van der Waals surface area (Å²) in [6, 6.07) is 3.65. The van der Waals surface area contributed by atoms with E-state index < -0.39 is 41.4 Å². The van der Waals surface area contributed by atoms with Crippen LogP contribution in [-0.2, 0) is 13.0 Å². The molecule has 15 heteroatoms. The van der Waals surface area contributed by atoms with Crippen molar-refractivity contribution in [3.8, 4) is 28.1 Å². The summed E-state index contributed by atoms with van der Waals surface area (Å²) in [5.74, 6) is -7.98. The van der Waals surface area contributed by atoms with Gasteiger partial charge in [-0.2, -0.15) is 46.2 Å². The average Bonchev–Trinajstić information content (AvgIpc) is 3.12. The summed E-state index contributed by atoms with van der Waals surface area (Å²) in [4.78, 5) is 13.0. The van der Waals surface area contributed by atoms with Gasteiger partial charge in [-0.3, -0.25) is 4.79 Å². The highest BCUT2D eigenvalue weighted by atomic mass is 32.1. The number of carbonyl (C=O) groups is 1. The Labute approximate surface area is 196 Å². The lowest BCUT2D eigenvalue weighted by Gasteiger charge is -2.18. The van der Waals surface area contributed by atoms with Crippen molar-refractivity contribution >= 4 is 17.1 Å². The molecule has 0 amide bonds. The third-order valence-corrected chi connectivity index (χ3v) is 6.41. The van der Waals surface area contributed by atoms with Gasteiger partial charge in [-0.05, 0) is 18.9 Å². The second kappa shape index (κ2) is 8.36. The van der Waals surface area contributed by atoms with E-state index in [0.29, 0.717) is 33.5 Å². The van der Waals surface area contributed by atoms with Crippen LogP contribution in [0.5, 0.6) is 5.75 Å². The Balaban J connectivity index is 1.68. The Hall–Kier alpha value is -3.41. The van der Waals surface area contributed by atoms with Crippen LogP contribution in [0.3, 0.4) is 0 Å². The minimum Gasteiger partial charge on any atom is -0.428 e. The molecule has 1 aliphatic rings. The summed E-state index contributed by atoms with van der Waals surface area (Å²) in [5.41, 5.74) is -2.01. The van der Waals surface area contributed by atoms with Crippen LogP contribution in [0.4, 0.5) is 30.7 Å². The van der Waals surface area contributed by atoms with Gasteiger partial charge in [0.05, 0.1) is 17.7 Å². The van der Waals surface area contributed by atoms with Crippen LogP contribution in [0, 0.1) is 16.7 Å². The zero-order valence-corrected chi connectivity index (χ0v) is 18.4. The van der Waals surface area contributed by atoms with Gasteiger partial charge in [0.15, 0.2) is 23.0 Å². The van der Waals surface area contributed by atoms with E-state index in [9.17, 15) is 35.5 Å². The van der Waals surface area contributed by atoms with E-state index in [1.807, 2.05) is 0 Å². The fourth-order valence-corrected chi connectivity index (χ4v) is 4.26. The lowest BCUT2D eigenvalue weighted by atomic mass is 9.98. The molecule has 35 heavy (non-hydrogen) atoms.